The summed E-state index contributed by atoms with van der Waals surface area (Å²) in [6.07, 6.45) is 3.08. The lowest BCUT2D eigenvalue weighted by Crippen LogP contribution is -2.33. The Morgan fingerprint density at radius 1 is 1.12 bits per heavy atom. The summed E-state index contributed by atoms with van der Waals surface area (Å²) in [5.41, 5.74) is 2.49. The molecule has 3 aromatic rings. The number of nitrogens with zero attached hydrogens (tertiary/aromatic N) is 4. The molecule has 1 heterocycles. The number of hydrogen-bond acceptors (Lipinski definition) is 4. The van der Waals surface area contributed by atoms with Crippen LogP contribution in [-0.4, -0.2) is 40.8 Å². The van der Waals surface area contributed by atoms with E-state index in [1.54, 1.807) is 33.3 Å². The van der Waals surface area contributed by atoms with E-state index in [2.05, 4.69) is 10.3 Å². The van der Waals surface area contributed by atoms with Crippen molar-refractivity contribution in [1.29, 1.82) is 0 Å². The Hall–Kier alpha value is -2.25. The molecule has 6 nitrogen and oxygen atoms in total. The average Bonchev–Trinajstić information content (AvgIpc) is 3.37. The second kappa shape index (κ2) is 6.81. The van der Waals surface area contributed by atoms with Crippen LogP contribution in [-0.2, 0) is 10.0 Å². The van der Waals surface area contributed by atoms with Crippen molar-refractivity contribution in [1.82, 2.24) is 19.3 Å². The van der Waals surface area contributed by atoms with Gasteiger partial charge in [0.2, 0.25) is 10.0 Å². The molecular formula is C19H22N4O2S. The molecule has 0 atom stereocenters. The van der Waals surface area contributed by atoms with Crippen LogP contribution in [0, 0.1) is 5.92 Å². The molecule has 0 amide bonds. The van der Waals surface area contributed by atoms with Gasteiger partial charge in [0.25, 0.3) is 0 Å². The molecule has 1 aliphatic rings. The van der Waals surface area contributed by atoms with Crippen LogP contribution < -0.4 is 0 Å². The lowest BCUT2D eigenvalue weighted by molar-refractivity contribution is 0.395. The van der Waals surface area contributed by atoms with Crippen LogP contribution in [0.15, 0.2) is 53.4 Å². The SMILES string of the molecule is CCCN(CC1CC1)S(=O)(=O)c1ccc(-n2nnc3ccccc32)cc1. The molecule has 1 aliphatic carbocycles. The Balaban J connectivity index is 1.64. The average molecular weight is 370 g/mol. The lowest BCUT2D eigenvalue weighted by atomic mass is 10.3. The highest BCUT2D eigenvalue weighted by Gasteiger charge is 2.31. The molecule has 0 unspecified atom stereocenters. The number of benzene rings is 2. The van der Waals surface area contributed by atoms with Gasteiger partial charge in [-0.05, 0) is 61.6 Å². The summed E-state index contributed by atoms with van der Waals surface area (Å²) < 4.78 is 29.3. The first-order valence-corrected chi connectivity index (χ1v) is 10.4. The van der Waals surface area contributed by atoms with E-state index in [0.717, 1.165) is 36.0 Å². The van der Waals surface area contributed by atoms with Crippen LogP contribution in [0.2, 0.25) is 0 Å². The maximum Gasteiger partial charge on any atom is 0.243 e. The minimum atomic E-state index is -3.46. The van der Waals surface area contributed by atoms with Crippen molar-refractivity contribution >= 4 is 21.1 Å². The molecule has 0 aliphatic heterocycles. The third kappa shape index (κ3) is 3.24. The summed E-state index contributed by atoms with van der Waals surface area (Å²) in [4.78, 5) is 0.333. The van der Waals surface area contributed by atoms with E-state index in [4.69, 9.17) is 0 Å². The predicted molar refractivity (Wildman–Crippen MR) is 101 cm³/mol. The highest BCUT2D eigenvalue weighted by Crippen LogP contribution is 2.32. The number of hydrogen-bond donors (Lipinski definition) is 0. The van der Waals surface area contributed by atoms with Gasteiger partial charge in [0.15, 0.2) is 0 Å². The van der Waals surface area contributed by atoms with Crippen molar-refractivity contribution in [2.45, 2.75) is 31.1 Å². The molecule has 1 aromatic heterocycles. The summed E-state index contributed by atoms with van der Waals surface area (Å²) in [6, 6.07) is 14.6. The third-order valence-corrected chi connectivity index (χ3v) is 6.58. The fraction of sp³-hybridized carbons (Fsp3) is 0.368. The van der Waals surface area contributed by atoms with Crippen LogP contribution in [0.25, 0.3) is 16.7 Å². The van der Waals surface area contributed by atoms with Crippen LogP contribution in [0.5, 0.6) is 0 Å². The fourth-order valence-electron chi connectivity index (χ4n) is 3.12. The van der Waals surface area contributed by atoms with Gasteiger partial charge in [0, 0.05) is 13.1 Å². The first-order valence-electron chi connectivity index (χ1n) is 9.00. The number of rotatable bonds is 7. The first kappa shape index (κ1) is 17.2. The van der Waals surface area contributed by atoms with Crippen LogP contribution >= 0.6 is 0 Å². The maximum absolute atomic E-state index is 13.0. The Labute approximate surface area is 153 Å². The zero-order valence-electron chi connectivity index (χ0n) is 14.7. The molecule has 136 valence electrons. The van der Waals surface area contributed by atoms with E-state index < -0.39 is 10.0 Å². The molecule has 0 N–H and O–H groups in total. The van der Waals surface area contributed by atoms with Gasteiger partial charge in [-0.15, -0.1) is 5.10 Å². The molecule has 0 bridgehead atoms. The zero-order valence-corrected chi connectivity index (χ0v) is 15.6. The van der Waals surface area contributed by atoms with Crippen molar-refractivity contribution in [3.63, 3.8) is 0 Å². The summed E-state index contributed by atoms with van der Waals surface area (Å²) in [6.45, 7) is 3.20. The standard InChI is InChI=1S/C19H22N4O2S/c1-2-13-22(14-15-7-8-15)26(24,25)17-11-9-16(10-12-17)23-19-6-4-3-5-18(19)20-21-23/h3-6,9-12,15H,2,7-8,13-14H2,1H3. The van der Waals surface area contributed by atoms with Crippen molar-refractivity contribution in [2.75, 3.05) is 13.1 Å². The third-order valence-electron chi connectivity index (χ3n) is 4.70. The second-order valence-electron chi connectivity index (χ2n) is 6.79. The maximum atomic E-state index is 13.0. The van der Waals surface area contributed by atoms with Crippen LogP contribution in [0.1, 0.15) is 26.2 Å². The van der Waals surface area contributed by atoms with E-state index in [0.29, 0.717) is 23.9 Å². The molecule has 2 aromatic carbocycles. The quantitative estimate of drug-likeness (QED) is 0.640. The largest absolute Gasteiger partial charge is 0.243 e. The molecule has 7 heteroatoms. The van der Waals surface area contributed by atoms with Crippen molar-refractivity contribution in [2.24, 2.45) is 5.92 Å². The monoisotopic (exact) mass is 370 g/mol. The summed E-state index contributed by atoms with van der Waals surface area (Å²) in [5, 5.41) is 8.32. The van der Waals surface area contributed by atoms with Crippen molar-refractivity contribution in [3.05, 3.63) is 48.5 Å². The van der Waals surface area contributed by atoms with E-state index in [1.165, 1.54) is 0 Å². The Bertz CT molecular complexity index is 1010. The lowest BCUT2D eigenvalue weighted by Gasteiger charge is -2.21. The number of para-hydroxylation sites is 1. The minimum absolute atomic E-state index is 0.333. The Kier molecular flexibility index (Phi) is 4.50. The fourth-order valence-corrected chi connectivity index (χ4v) is 4.72. The van der Waals surface area contributed by atoms with Crippen LogP contribution in [0.4, 0.5) is 0 Å². The van der Waals surface area contributed by atoms with E-state index >= 15 is 0 Å². The molecular weight excluding hydrogens is 348 g/mol. The molecule has 26 heavy (non-hydrogen) atoms. The van der Waals surface area contributed by atoms with E-state index in [1.807, 2.05) is 31.2 Å². The van der Waals surface area contributed by atoms with Gasteiger partial charge >= 0.3 is 0 Å². The molecule has 0 spiro atoms. The minimum Gasteiger partial charge on any atom is -0.213 e. The number of fused-ring (bicyclic) bond motifs is 1. The molecule has 1 saturated carbocycles. The molecule has 0 saturated heterocycles. The molecule has 4 rings (SSSR count). The summed E-state index contributed by atoms with van der Waals surface area (Å²) in [5.74, 6) is 0.525. The van der Waals surface area contributed by atoms with Crippen molar-refractivity contribution in [3.8, 4) is 5.69 Å². The predicted octanol–water partition coefficient (Wildman–Crippen LogP) is 3.23. The summed E-state index contributed by atoms with van der Waals surface area (Å²) >= 11 is 0. The van der Waals surface area contributed by atoms with Gasteiger partial charge < -0.3 is 0 Å². The van der Waals surface area contributed by atoms with Gasteiger partial charge in [-0.25, -0.2) is 13.1 Å². The Morgan fingerprint density at radius 3 is 2.54 bits per heavy atom. The zero-order chi connectivity index (χ0) is 18.1. The van der Waals surface area contributed by atoms with Crippen molar-refractivity contribution < 1.29 is 8.42 Å². The van der Waals surface area contributed by atoms with Gasteiger partial charge in [0.1, 0.15) is 5.52 Å². The smallest absolute Gasteiger partial charge is 0.213 e. The van der Waals surface area contributed by atoms with Gasteiger partial charge in [0.05, 0.1) is 16.1 Å². The second-order valence-corrected chi connectivity index (χ2v) is 8.73. The summed E-state index contributed by atoms with van der Waals surface area (Å²) in [7, 11) is -3.46. The number of aromatic nitrogens is 3. The van der Waals surface area contributed by atoms with Gasteiger partial charge in [-0.3, -0.25) is 0 Å². The highest BCUT2D eigenvalue weighted by atomic mass is 32.2. The highest BCUT2D eigenvalue weighted by molar-refractivity contribution is 7.89. The molecule has 1 fully saturated rings. The van der Waals surface area contributed by atoms with E-state index in [9.17, 15) is 8.42 Å². The number of sulfonamides is 1. The van der Waals surface area contributed by atoms with Crippen LogP contribution in [0.3, 0.4) is 0 Å². The topological polar surface area (TPSA) is 68.1 Å². The Morgan fingerprint density at radius 2 is 1.85 bits per heavy atom. The normalized spacial score (nSPS) is 15.0. The van der Waals surface area contributed by atoms with Gasteiger partial charge in [-0.2, -0.15) is 4.31 Å². The first-order chi connectivity index (χ1) is 12.6. The van der Waals surface area contributed by atoms with Gasteiger partial charge in [-0.1, -0.05) is 24.3 Å². The molecule has 0 radical (unpaired) electrons. The van der Waals surface area contributed by atoms with E-state index in [-0.39, 0.29) is 0 Å².